The number of ether oxygens (including phenoxy) is 1. The molecule has 1 atom stereocenters. The minimum atomic E-state index is 0.506. The molecule has 0 aromatic heterocycles. The summed E-state index contributed by atoms with van der Waals surface area (Å²) in [6.45, 7) is 5.61. The first-order valence-electron chi connectivity index (χ1n) is 7.20. The van der Waals surface area contributed by atoms with Gasteiger partial charge in [-0.25, -0.2) is 0 Å². The molecule has 2 rings (SSSR count). The van der Waals surface area contributed by atoms with E-state index in [-0.39, 0.29) is 0 Å². The van der Waals surface area contributed by atoms with E-state index in [9.17, 15) is 0 Å². The molecule has 2 nitrogen and oxygen atoms in total. The average molecular weight is 225 g/mol. The van der Waals surface area contributed by atoms with Gasteiger partial charge in [-0.1, -0.05) is 26.2 Å². The van der Waals surface area contributed by atoms with Crippen molar-refractivity contribution in [2.24, 2.45) is 11.8 Å². The standard InChI is InChI=1S/C14H27NO/c1-2-12-5-7-13(8-6-12)10-15-11-14-4-3-9-16-14/h12-15H,2-11H2,1H3. The first-order chi connectivity index (χ1) is 7.88. The molecule has 1 aliphatic carbocycles. The Bertz CT molecular complexity index is 181. The molecule has 94 valence electrons. The third-order valence-electron chi connectivity index (χ3n) is 4.37. The van der Waals surface area contributed by atoms with Crippen LogP contribution in [0.5, 0.6) is 0 Å². The molecule has 1 unspecified atom stereocenters. The van der Waals surface area contributed by atoms with Crippen LogP contribution in [0.4, 0.5) is 0 Å². The molecule has 2 fully saturated rings. The van der Waals surface area contributed by atoms with Crippen LogP contribution < -0.4 is 5.32 Å². The molecular weight excluding hydrogens is 198 g/mol. The van der Waals surface area contributed by atoms with Gasteiger partial charge in [-0.3, -0.25) is 0 Å². The van der Waals surface area contributed by atoms with Crippen LogP contribution in [0, 0.1) is 11.8 Å². The molecular formula is C14H27NO. The van der Waals surface area contributed by atoms with Crippen LogP contribution in [0.3, 0.4) is 0 Å². The van der Waals surface area contributed by atoms with E-state index in [1.54, 1.807) is 0 Å². The van der Waals surface area contributed by atoms with E-state index in [0.29, 0.717) is 6.10 Å². The molecule has 1 aliphatic heterocycles. The highest BCUT2D eigenvalue weighted by atomic mass is 16.5. The van der Waals surface area contributed by atoms with E-state index in [0.717, 1.165) is 25.0 Å². The van der Waals surface area contributed by atoms with Gasteiger partial charge < -0.3 is 10.1 Å². The van der Waals surface area contributed by atoms with E-state index in [4.69, 9.17) is 4.74 Å². The molecule has 0 spiro atoms. The van der Waals surface area contributed by atoms with Crippen molar-refractivity contribution in [2.75, 3.05) is 19.7 Å². The van der Waals surface area contributed by atoms with Gasteiger partial charge in [0.2, 0.25) is 0 Å². The Hall–Kier alpha value is -0.0800. The van der Waals surface area contributed by atoms with Crippen LogP contribution in [-0.4, -0.2) is 25.8 Å². The Morgan fingerprint density at radius 1 is 1.00 bits per heavy atom. The molecule has 0 aromatic rings. The molecule has 0 aromatic carbocycles. The van der Waals surface area contributed by atoms with Crippen molar-refractivity contribution in [1.29, 1.82) is 0 Å². The lowest BCUT2D eigenvalue weighted by molar-refractivity contribution is 0.108. The van der Waals surface area contributed by atoms with Gasteiger partial charge in [-0.2, -0.15) is 0 Å². The zero-order valence-electron chi connectivity index (χ0n) is 10.7. The number of rotatable bonds is 5. The zero-order valence-corrected chi connectivity index (χ0v) is 10.7. The van der Waals surface area contributed by atoms with Gasteiger partial charge in [0.15, 0.2) is 0 Å². The summed E-state index contributed by atoms with van der Waals surface area (Å²) in [5, 5.41) is 3.60. The predicted octanol–water partition coefficient (Wildman–Crippen LogP) is 2.97. The van der Waals surface area contributed by atoms with Gasteiger partial charge in [0.05, 0.1) is 6.10 Å². The maximum Gasteiger partial charge on any atom is 0.0700 e. The van der Waals surface area contributed by atoms with E-state index < -0.39 is 0 Å². The third kappa shape index (κ3) is 3.74. The van der Waals surface area contributed by atoms with Crippen molar-refractivity contribution >= 4 is 0 Å². The van der Waals surface area contributed by atoms with Crippen molar-refractivity contribution in [3.05, 3.63) is 0 Å². The van der Waals surface area contributed by atoms with Crippen LogP contribution in [0.25, 0.3) is 0 Å². The van der Waals surface area contributed by atoms with Crippen molar-refractivity contribution < 1.29 is 4.74 Å². The Labute approximate surface area is 100 Å². The summed E-state index contributed by atoms with van der Waals surface area (Å²) >= 11 is 0. The fourth-order valence-corrected chi connectivity index (χ4v) is 3.10. The highest BCUT2D eigenvalue weighted by Crippen LogP contribution is 2.30. The summed E-state index contributed by atoms with van der Waals surface area (Å²) in [5.41, 5.74) is 0. The third-order valence-corrected chi connectivity index (χ3v) is 4.37. The lowest BCUT2D eigenvalue weighted by Crippen LogP contribution is -2.32. The Morgan fingerprint density at radius 3 is 2.38 bits per heavy atom. The van der Waals surface area contributed by atoms with Crippen LogP contribution in [0.15, 0.2) is 0 Å². The largest absolute Gasteiger partial charge is 0.377 e. The van der Waals surface area contributed by atoms with Crippen LogP contribution in [-0.2, 0) is 4.74 Å². The molecule has 2 heteroatoms. The van der Waals surface area contributed by atoms with Crippen LogP contribution in [0.1, 0.15) is 51.9 Å². The van der Waals surface area contributed by atoms with E-state index in [2.05, 4.69) is 12.2 Å². The second-order valence-electron chi connectivity index (χ2n) is 5.59. The van der Waals surface area contributed by atoms with Gasteiger partial charge in [0.1, 0.15) is 0 Å². The molecule has 0 bridgehead atoms. The summed E-state index contributed by atoms with van der Waals surface area (Å²) in [6.07, 6.45) is 10.2. The number of hydrogen-bond acceptors (Lipinski definition) is 2. The Morgan fingerprint density at radius 2 is 1.75 bits per heavy atom. The molecule has 1 N–H and O–H groups in total. The van der Waals surface area contributed by atoms with E-state index in [1.165, 1.54) is 51.5 Å². The van der Waals surface area contributed by atoms with Gasteiger partial charge in [-0.05, 0) is 44.1 Å². The topological polar surface area (TPSA) is 21.3 Å². The highest BCUT2D eigenvalue weighted by molar-refractivity contribution is 4.75. The normalized spacial score (nSPS) is 35.4. The number of nitrogens with one attached hydrogen (secondary N) is 1. The van der Waals surface area contributed by atoms with Gasteiger partial charge in [-0.15, -0.1) is 0 Å². The second kappa shape index (κ2) is 6.61. The molecule has 16 heavy (non-hydrogen) atoms. The van der Waals surface area contributed by atoms with Crippen LogP contribution >= 0.6 is 0 Å². The predicted molar refractivity (Wildman–Crippen MR) is 67.6 cm³/mol. The Kier molecular flexibility index (Phi) is 5.11. The van der Waals surface area contributed by atoms with Crippen molar-refractivity contribution in [3.63, 3.8) is 0 Å². The minimum absolute atomic E-state index is 0.506. The smallest absolute Gasteiger partial charge is 0.0700 e. The van der Waals surface area contributed by atoms with Crippen LogP contribution in [0.2, 0.25) is 0 Å². The van der Waals surface area contributed by atoms with Crippen molar-refractivity contribution in [1.82, 2.24) is 5.32 Å². The molecule has 2 aliphatic rings. The summed E-state index contributed by atoms with van der Waals surface area (Å²) in [6, 6.07) is 0. The monoisotopic (exact) mass is 225 g/mol. The minimum Gasteiger partial charge on any atom is -0.377 e. The van der Waals surface area contributed by atoms with E-state index in [1.807, 2.05) is 0 Å². The molecule has 1 saturated heterocycles. The molecule has 1 saturated carbocycles. The van der Waals surface area contributed by atoms with Gasteiger partial charge in [0, 0.05) is 13.2 Å². The highest BCUT2D eigenvalue weighted by Gasteiger charge is 2.20. The van der Waals surface area contributed by atoms with Crippen molar-refractivity contribution in [2.45, 2.75) is 58.0 Å². The molecule has 0 radical (unpaired) electrons. The molecule has 0 amide bonds. The summed E-state index contributed by atoms with van der Waals surface area (Å²) in [5.74, 6) is 1.96. The average Bonchev–Trinajstić information content (AvgIpc) is 2.83. The molecule has 1 heterocycles. The van der Waals surface area contributed by atoms with Gasteiger partial charge in [0.25, 0.3) is 0 Å². The first kappa shape index (κ1) is 12.4. The van der Waals surface area contributed by atoms with Crippen molar-refractivity contribution in [3.8, 4) is 0 Å². The maximum absolute atomic E-state index is 5.61. The summed E-state index contributed by atoms with van der Waals surface area (Å²) in [7, 11) is 0. The fourth-order valence-electron chi connectivity index (χ4n) is 3.10. The quantitative estimate of drug-likeness (QED) is 0.776. The Balaban J connectivity index is 1.53. The van der Waals surface area contributed by atoms with Gasteiger partial charge >= 0.3 is 0 Å². The summed E-state index contributed by atoms with van der Waals surface area (Å²) in [4.78, 5) is 0. The summed E-state index contributed by atoms with van der Waals surface area (Å²) < 4.78 is 5.61. The lowest BCUT2D eigenvalue weighted by atomic mass is 9.81. The maximum atomic E-state index is 5.61. The first-order valence-corrected chi connectivity index (χ1v) is 7.20. The lowest BCUT2D eigenvalue weighted by Gasteiger charge is -2.28. The van der Waals surface area contributed by atoms with E-state index >= 15 is 0 Å². The fraction of sp³-hybridized carbons (Fsp3) is 1.00. The number of hydrogen-bond donors (Lipinski definition) is 1. The SMILES string of the molecule is CCC1CCC(CNCC2CCCO2)CC1. The second-order valence-corrected chi connectivity index (χ2v) is 5.59. The zero-order chi connectivity index (χ0) is 11.2.